The Balaban J connectivity index is 0.000000546. The van der Waals surface area contributed by atoms with Crippen LogP contribution in [0.3, 0.4) is 0 Å². The van der Waals surface area contributed by atoms with Crippen LogP contribution < -0.4 is 4.90 Å². The molecule has 1 spiro atoms. The topological polar surface area (TPSA) is 60.9 Å². The molecule has 5 nitrogen and oxygen atoms in total. The van der Waals surface area contributed by atoms with E-state index in [2.05, 4.69) is 24.7 Å². The number of likely N-dealkylation sites (tertiary alicyclic amines) is 1. The minimum Gasteiger partial charge on any atom is -0.480 e. The van der Waals surface area contributed by atoms with Gasteiger partial charge in [0.25, 0.3) is 0 Å². The largest absolute Gasteiger partial charge is 0.480 e. The number of benzene rings is 2. The summed E-state index contributed by atoms with van der Waals surface area (Å²) in [5.41, 5.74) is 1.13. The summed E-state index contributed by atoms with van der Waals surface area (Å²) in [6, 6.07) is 11.4. The van der Waals surface area contributed by atoms with Crippen molar-refractivity contribution in [1.82, 2.24) is 4.90 Å². The monoisotopic (exact) mass is 630 g/mol. The van der Waals surface area contributed by atoms with Gasteiger partial charge in [0, 0.05) is 34.6 Å². The molecule has 1 amide bonds. The maximum Gasteiger partial charge on any atom is 0.321 e. The number of anilines is 1. The number of hydrogen-bond donors (Lipinski definition) is 1. The second-order valence-electron chi connectivity index (χ2n) is 12.1. The van der Waals surface area contributed by atoms with Crippen LogP contribution >= 0.6 is 23.2 Å². The Bertz CT molecular complexity index is 1250. The summed E-state index contributed by atoms with van der Waals surface area (Å²) >= 11 is 11.8. The van der Waals surface area contributed by atoms with Crippen molar-refractivity contribution >= 4 is 41.3 Å². The average molecular weight is 632 g/mol. The quantitative estimate of drug-likeness (QED) is 0.153. The molecule has 0 bridgehead atoms. The second-order valence-corrected chi connectivity index (χ2v) is 12.9. The van der Waals surface area contributed by atoms with Gasteiger partial charge < -0.3 is 10.0 Å². The molecule has 1 aliphatic heterocycles. The lowest BCUT2D eigenvalue weighted by Gasteiger charge is -2.52. The third-order valence-corrected chi connectivity index (χ3v) is 10.4. The van der Waals surface area contributed by atoms with Crippen LogP contribution in [0.2, 0.25) is 10.0 Å². The van der Waals surface area contributed by atoms with E-state index < -0.39 is 17.4 Å². The highest BCUT2D eigenvalue weighted by atomic mass is 35.5. The molecule has 2 aromatic carbocycles. The summed E-state index contributed by atoms with van der Waals surface area (Å²) in [5.74, 6) is 1.41. The smallest absolute Gasteiger partial charge is 0.321 e. The van der Waals surface area contributed by atoms with Crippen LogP contribution in [0.1, 0.15) is 90.0 Å². The highest BCUT2D eigenvalue weighted by molar-refractivity contribution is 6.31. The van der Waals surface area contributed by atoms with Gasteiger partial charge in [0.2, 0.25) is 6.41 Å². The zero-order valence-corrected chi connectivity index (χ0v) is 27.1. The van der Waals surface area contributed by atoms with Crippen molar-refractivity contribution in [2.45, 2.75) is 101 Å². The molecule has 4 rings (SSSR count). The van der Waals surface area contributed by atoms with Crippen LogP contribution in [-0.2, 0) is 15.0 Å². The predicted molar refractivity (Wildman–Crippen MR) is 174 cm³/mol. The van der Waals surface area contributed by atoms with Crippen molar-refractivity contribution in [3.63, 3.8) is 0 Å². The summed E-state index contributed by atoms with van der Waals surface area (Å²) < 4.78 is 12.2. The van der Waals surface area contributed by atoms with Gasteiger partial charge in [-0.05, 0) is 68.5 Å². The molecule has 2 aromatic rings. The van der Waals surface area contributed by atoms with Crippen LogP contribution in [0, 0.1) is 24.1 Å². The van der Waals surface area contributed by atoms with Gasteiger partial charge in [-0.1, -0.05) is 93.8 Å². The van der Waals surface area contributed by atoms with E-state index in [9.17, 15) is 19.1 Å². The van der Waals surface area contributed by atoms with Crippen LogP contribution in [0.5, 0.6) is 0 Å². The molecule has 1 aliphatic carbocycles. The molecule has 2 aliphatic rings. The van der Waals surface area contributed by atoms with Crippen LogP contribution in [-0.4, -0.2) is 47.6 Å². The number of aliphatic carboxylic acids is 1. The molecule has 0 aromatic heterocycles. The van der Waals surface area contributed by atoms with Crippen molar-refractivity contribution in [3.05, 3.63) is 63.9 Å². The average Bonchev–Trinajstić information content (AvgIpc) is 3.15. The Morgan fingerprint density at radius 3 is 2.35 bits per heavy atom. The van der Waals surface area contributed by atoms with Gasteiger partial charge in [-0.2, -0.15) is 0 Å². The molecule has 3 atom stereocenters. The Hall–Kier alpha value is -2.59. The number of carboxylic acids is 1. The minimum absolute atomic E-state index is 0.132. The number of carboxylic acid groups (broad SMARTS) is 1. The Morgan fingerprint density at radius 1 is 1.12 bits per heavy atom. The van der Waals surface area contributed by atoms with E-state index in [0.717, 1.165) is 81.9 Å². The van der Waals surface area contributed by atoms with E-state index in [4.69, 9.17) is 29.6 Å². The van der Waals surface area contributed by atoms with E-state index in [1.807, 2.05) is 25.2 Å². The first-order valence-corrected chi connectivity index (χ1v) is 16.1. The number of hydrogen-bond acceptors (Lipinski definition) is 3. The summed E-state index contributed by atoms with van der Waals surface area (Å²) in [7, 11) is 1.99. The Kier molecular flexibility index (Phi) is 12.9. The fourth-order valence-electron chi connectivity index (χ4n) is 7.48. The van der Waals surface area contributed by atoms with Gasteiger partial charge in [-0.25, -0.2) is 4.39 Å². The summed E-state index contributed by atoms with van der Waals surface area (Å²) in [6.07, 6.45) is 17.5. The number of nitrogens with zero attached hydrogens (tertiary/aromatic N) is 2. The molecule has 1 saturated heterocycles. The molecule has 0 radical (unpaired) electrons. The van der Waals surface area contributed by atoms with Crippen LogP contribution in [0.15, 0.2) is 42.5 Å². The summed E-state index contributed by atoms with van der Waals surface area (Å²) in [4.78, 5) is 28.7. The van der Waals surface area contributed by atoms with Crippen LogP contribution in [0.4, 0.5) is 10.1 Å². The van der Waals surface area contributed by atoms with Crippen molar-refractivity contribution < 1.29 is 19.1 Å². The van der Waals surface area contributed by atoms with Crippen LogP contribution in [0.25, 0.3) is 0 Å². The first-order chi connectivity index (χ1) is 20.5. The number of amides is 1. The number of likely N-dealkylation sites (N-methyl/N-ethyl adjacent to an activating group) is 1. The van der Waals surface area contributed by atoms with Crippen molar-refractivity contribution in [2.75, 3.05) is 18.5 Å². The maximum atomic E-state index is 12.4. The van der Waals surface area contributed by atoms with E-state index in [1.54, 1.807) is 17.0 Å². The first-order valence-electron chi connectivity index (χ1n) is 15.4. The van der Waals surface area contributed by atoms with E-state index in [-0.39, 0.29) is 22.3 Å². The van der Waals surface area contributed by atoms with Gasteiger partial charge in [0.1, 0.15) is 11.9 Å². The van der Waals surface area contributed by atoms with Gasteiger partial charge in [-0.3, -0.25) is 14.5 Å². The number of rotatable bonds is 11. The number of terminal acetylenes is 1. The molecule has 1 N–H and O–H groups in total. The summed E-state index contributed by atoms with van der Waals surface area (Å²) in [5, 5.41) is 11.0. The molecule has 8 heteroatoms. The number of carbonyl (C=O) groups excluding carboxylic acids is 1. The SMILES string of the molecule is C#CCCCCCCCN(C=O)c1cc(Cl)ccc1[C@]1(C)[C@@H](C)[C@H](C(=O)O)N(C)C12CCCCC2.Fc1ccccc1Cl. The fourth-order valence-corrected chi connectivity index (χ4v) is 7.78. The molecule has 234 valence electrons. The second kappa shape index (κ2) is 15.9. The zero-order chi connectivity index (χ0) is 31.6. The number of unbranched alkanes of at least 4 members (excludes halogenated alkanes) is 5. The third-order valence-electron chi connectivity index (χ3n) is 9.88. The van der Waals surface area contributed by atoms with Gasteiger partial charge >= 0.3 is 5.97 Å². The standard InChI is InChI=1S/C29H41ClN2O3.C6H4ClF/c1-5-6-7-8-9-10-14-19-32(21-33)25-20-23(30)15-16-24(25)28(3)22(2)26(27(34)35)31(4)29(28)17-12-11-13-18-29;7-5-3-1-2-4-6(5)8/h1,15-16,20-22,26H,6-14,17-19H2,2-4H3,(H,34,35);1-4H/t22-,26+,28-;/m0./s1. The van der Waals surface area contributed by atoms with E-state index >= 15 is 0 Å². The van der Waals surface area contributed by atoms with Gasteiger partial charge in [-0.15, -0.1) is 12.3 Å². The number of halogens is 3. The highest BCUT2D eigenvalue weighted by Gasteiger charge is 2.65. The number of carbonyl (C=O) groups is 2. The lowest BCUT2D eigenvalue weighted by Crippen LogP contribution is -2.56. The minimum atomic E-state index is -0.777. The molecular formula is C35H45Cl2FN2O3. The molecule has 1 saturated carbocycles. The first kappa shape index (κ1) is 34.9. The maximum absolute atomic E-state index is 12.4. The van der Waals surface area contributed by atoms with E-state index in [1.165, 1.54) is 18.6 Å². The van der Waals surface area contributed by atoms with Gasteiger partial charge in [0.15, 0.2) is 0 Å². The van der Waals surface area contributed by atoms with E-state index in [0.29, 0.717) is 11.6 Å². The molecular weight excluding hydrogens is 586 g/mol. The third kappa shape index (κ3) is 7.56. The normalized spacial score (nSPS) is 22.8. The Morgan fingerprint density at radius 2 is 1.77 bits per heavy atom. The van der Waals surface area contributed by atoms with Gasteiger partial charge in [0.05, 0.1) is 5.02 Å². The lowest BCUT2D eigenvalue weighted by molar-refractivity contribution is -0.144. The molecule has 1 heterocycles. The molecule has 0 unspecified atom stereocenters. The lowest BCUT2D eigenvalue weighted by atomic mass is 9.57. The molecule has 43 heavy (non-hydrogen) atoms. The Labute approximate surface area is 266 Å². The van der Waals surface area contributed by atoms with Crippen molar-refractivity contribution in [3.8, 4) is 12.3 Å². The predicted octanol–water partition coefficient (Wildman–Crippen LogP) is 8.75. The highest BCUT2D eigenvalue weighted by Crippen LogP contribution is 2.60. The molecule has 2 fully saturated rings. The fraction of sp³-hybridized carbons (Fsp3) is 0.543. The summed E-state index contributed by atoms with van der Waals surface area (Å²) in [6.45, 7) is 4.91. The van der Waals surface area contributed by atoms with Crippen molar-refractivity contribution in [2.24, 2.45) is 5.92 Å². The van der Waals surface area contributed by atoms with Crippen molar-refractivity contribution in [1.29, 1.82) is 0 Å². The zero-order valence-electron chi connectivity index (χ0n) is 25.6.